The third-order valence-corrected chi connectivity index (χ3v) is 15.1. The normalized spacial score (nSPS) is 28.1. The van der Waals surface area contributed by atoms with Gasteiger partial charge in [-0.2, -0.15) is 0 Å². The van der Waals surface area contributed by atoms with Crippen molar-refractivity contribution in [3.05, 3.63) is 5.92 Å². The molecule has 0 radical (unpaired) electrons. The van der Waals surface area contributed by atoms with Gasteiger partial charge in [0.05, 0.1) is 0 Å². The quantitative estimate of drug-likeness (QED) is 0.497. The van der Waals surface area contributed by atoms with E-state index in [0.717, 1.165) is 3.43 Å². The van der Waals surface area contributed by atoms with E-state index in [1.165, 1.54) is 12.8 Å². The third kappa shape index (κ3) is 1.13. The van der Waals surface area contributed by atoms with E-state index in [1.807, 2.05) is 5.92 Å². The molecule has 2 aliphatic rings. The van der Waals surface area contributed by atoms with E-state index in [0.29, 0.717) is 0 Å². The van der Waals surface area contributed by atoms with Crippen LogP contribution >= 0.6 is 0 Å². The van der Waals surface area contributed by atoms with Crippen LogP contribution in [0.4, 0.5) is 0 Å². The Morgan fingerprint density at radius 3 is 1.82 bits per heavy atom. The van der Waals surface area contributed by atoms with Gasteiger partial charge in [0.15, 0.2) is 0 Å². The van der Waals surface area contributed by atoms with Crippen molar-refractivity contribution in [2.24, 2.45) is 0 Å². The molecule has 0 aliphatic heterocycles. The summed E-state index contributed by atoms with van der Waals surface area (Å²) < 4.78 is 0.921. The molecular weight excluding hydrogens is 239 g/mol. The first kappa shape index (κ1) is 8.28. The Kier molecular flexibility index (Phi) is 1.76. The monoisotopic (exact) mass is 259 g/mol. The van der Waals surface area contributed by atoms with E-state index >= 15 is 0 Å². The summed E-state index contributed by atoms with van der Waals surface area (Å²) in [6.07, 6.45) is 7.68. The Balaban J connectivity index is 2.23. The molecule has 2 saturated carbocycles. The van der Waals surface area contributed by atoms with E-state index in [2.05, 4.69) is 14.8 Å². The zero-order valence-corrected chi connectivity index (χ0v) is 10.9. The first-order chi connectivity index (χ1) is 5.04. The molecule has 0 aromatic rings. The number of fused-ring (bicyclic) bond motifs is 2. The maximum absolute atomic E-state index is 2.63. The fraction of sp³-hybridized carbons (Fsp3) is 0.900. The molecule has 0 unspecified atom stereocenters. The molecule has 0 heterocycles. The molecule has 0 N–H and O–H groups in total. The molecule has 2 bridgehead atoms. The van der Waals surface area contributed by atoms with Gasteiger partial charge >= 0.3 is 74.6 Å². The molecule has 0 nitrogen and oxygen atoms in total. The predicted octanol–water partition coefficient (Wildman–Crippen LogP) is 3.62. The summed E-state index contributed by atoms with van der Waals surface area (Å²) in [4.78, 5) is 7.88. The third-order valence-electron chi connectivity index (χ3n) is 4.09. The Labute approximate surface area is 74.6 Å². The van der Waals surface area contributed by atoms with E-state index < -0.39 is 18.4 Å². The van der Waals surface area contributed by atoms with Gasteiger partial charge in [0.25, 0.3) is 0 Å². The van der Waals surface area contributed by atoms with Crippen molar-refractivity contribution < 1.29 is 0 Å². The molecule has 1 heteroatoms. The molecule has 2 aliphatic carbocycles. The average Bonchev–Trinajstić information content (AvgIpc) is 2.42. The van der Waals surface area contributed by atoms with Gasteiger partial charge in [0, 0.05) is 0 Å². The molecule has 11 heavy (non-hydrogen) atoms. The Morgan fingerprint density at radius 1 is 1.09 bits per heavy atom. The summed E-state index contributed by atoms with van der Waals surface area (Å²) in [6, 6.07) is 0. The average molecular weight is 258 g/mol. The van der Waals surface area contributed by atoms with Crippen LogP contribution in [0.15, 0.2) is 0 Å². The van der Waals surface area contributed by atoms with Gasteiger partial charge in [-0.25, -0.2) is 0 Å². The van der Waals surface area contributed by atoms with Crippen molar-refractivity contribution in [1.82, 2.24) is 0 Å². The van der Waals surface area contributed by atoms with E-state index in [4.69, 9.17) is 0 Å². The van der Waals surface area contributed by atoms with Crippen molar-refractivity contribution >= 4 is 18.4 Å². The summed E-state index contributed by atoms with van der Waals surface area (Å²) >= 11 is -1.57. The van der Waals surface area contributed by atoms with E-state index in [-0.39, 0.29) is 0 Å². The van der Waals surface area contributed by atoms with Crippen LogP contribution in [0.3, 0.4) is 0 Å². The summed E-state index contributed by atoms with van der Waals surface area (Å²) in [5.41, 5.74) is 0. The van der Waals surface area contributed by atoms with Crippen LogP contribution in [-0.2, 0) is 0 Å². The van der Waals surface area contributed by atoms with Crippen molar-refractivity contribution in [2.45, 2.75) is 50.4 Å². The summed E-state index contributed by atoms with van der Waals surface area (Å²) in [5.74, 6) is 1.91. The van der Waals surface area contributed by atoms with Crippen molar-refractivity contribution in [3.8, 4) is 0 Å². The second-order valence-corrected chi connectivity index (χ2v) is 21.3. The second kappa shape index (κ2) is 2.33. The topological polar surface area (TPSA) is 0 Å². The van der Waals surface area contributed by atoms with E-state index in [9.17, 15) is 0 Å². The van der Waals surface area contributed by atoms with Crippen LogP contribution in [-0.4, -0.2) is 18.4 Å². The van der Waals surface area contributed by atoms with Gasteiger partial charge in [0.1, 0.15) is 0 Å². The van der Waals surface area contributed by atoms with Crippen molar-refractivity contribution in [2.75, 3.05) is 0 Å². The minimum atomic E-state index is -1.57. The van der Waals surface area contributed by atoms with Crippen LogP contribution in [0.2, 0.25) is 18.2 Å². The molecule has 0 atom stereocenters. The molecule has 62 valence electrons. The minimum absolute atomic E-state index is 0.921. The van der Waals surface area contributed by atoms with Crippen molar-refractivity contribution in [1.29, 1.82) is 0 Å². The zero-order chi connectivity index (χ0) is 8.11. The van der Waals surface area contributed by atoms with Crippen molar-refractivity contribution in [3.63, 3.8) is 0 Å². The van der Waals surface area contributed by atoms with E-state index in [1.54, 1.807) is 19.3 Å². The SMILES string of the molecule is [CH3][Sn]([CH3])([CH3])[C]12CC[C+](CC1)C2. The Hall–Kier alpha value is 0.669. The molecule has 0 saturated heterocycles. The number of hydrogen-bond donors (Lipinski definition) is 0. The maximum atomic E-state index is 2.63. The first-order valence-corrected chi connectivity index (χ1v) is 14.9. The molecule has 2 fully saturated rings. The fourth-order valence-electron chi connectivity index (χ4n) is 2.93. The summed E-state index contributed by atoms with van der Waals surface area (Å²) in [6.45, 7) is 0. The standard InChI is InChI=1S/C7H10.3CH3.Sn/c1-2-7-4-3-6(1)5-7;;;;/h1-5H2;3*1H3;/q+1;;;;. The first-order valence-electron chi connectivity index (χ1n) is 4.87. The van der Waals surface area contributed by atoms with Gasteiger partial charge in [-0.05, 0) is 0 Å². The van der Waals surface area contributed by atoms with Gasteiger partial charge in [-0.1, -0.05) is 0 Å². The Bertz CT molecular complexity index is 158. The van der Waals surface area contributed by atoms with Gasteiger partial charge in [0.2, 0.25) is 0 Å². The van der Waals surface area contributed by atoms with Crippen LogP contribution in [0, 0.1) is 5.92 Å². The predicted molar refractivity (Wildman–Crippen MR) is 52.4 cm³/mol. The van der Waals surface area contributed by atoms with Gasteiger partial charge < -0.3 is 0 Å². The van der Waals surface area contributed by atoms with Gasteiger partial charge in [-0.3, -0.25) is 0 Å². The Morgan fingerprint density at radius 2 is 1.64 bits per heavy atom. The zero-order valence-electron chi connectivity index (χ0n) is 8.04. The number of rotatable bonds is 1. The van der Waals surface area contributed by atoms with Crippen LogP contribution in [0.5, 0.6) is 0 Å². The summed E-state index contributed by atoms with van der Waals surface area (Å²) in [5, 5.41) is 0. The number of hydrogen-bond acceptors (Lipinski definition) is 0. The molecule has 0 aromatic heterocycles. The molecule has 0 aromatic carbocycles. The fourth-order valence-corrected chi connectivity index (χ4v) is 10.2. The molecule has 0 spiro atoms. The molecule has 0 amide bonds. The van der Waals surface area contributed by atoms with Gasteiger partial charge in [-0.15, -0.1) is 0 Å². The van der Waals surface area contributed by atoms with Crippen LogP contribution in [0.25, 0.3) is 0 Å². The molecule has 2 rings (SSSR count). The summed E-state index contributed by atoms with van der Waals surface area (Å²) in [7, 11) is 0. The van der Waals surface area contributed by atoms with Crippen LogP contribution in [0.1, 0.15) is 32.1 Å². The molecular formula is C10H19Sn+. The van der Waals surface area contributed by atoms with Crippen LogP contribution < -0.4 is 0 Å². The second-order valence-electron chi connectivity index (χ2n) is 5.46.